The third kappa shape index (κ3) is 1.51. The largest absolute Gasteiger partial charge is 0.466 e. The Labute approximate surface area is 79.1 Å². The summed E-state index contributed by atoms with van der Waals surface area (Å²) in [6, 6.07) is 0.203. The fraction of sp³-hybridized carbons (Fsp3) is 0.286. The molecule has 0 unspecified atom stereocenters. The molecule has 2 aromatic heterocycles. The number of rotatable bonds is 2. The average molecular weight is 193 g/mol. The van der Waals surface area contributed by atoms with Gasteiger partial charge in [0.1, 0.15) is 0 Å². The third-order valence-corrected chi connectivity index (χ3v) is 1.48. The van der Waals surface area contributed by atoms with E-state index in [9.17, 15) is 0 Å². The van der Waals surface area contributed by atoms with E-state index >= 15 is 0 Å². The van der Waals surface area contributed by atoms with Crippen molar-refractivity contribution in [1.29, 1.82) is 0 Å². The van der Waals surface area contributed by atoms with Crippen LogP contribution in [-0.4, -0.2) is 32.4 Å². The highest BCUT2D eigenvalue weighted by molar-refractivity contribution is 5.44. The maximum atomic E-state index is 4.79. The Balaban J connectivity index is 2.33. The lowest BCUT2D eigenvalue weighted by molar-refractivity contribution is 0.373. The molecular weight excluding hydrogens is 186 g/mol. The number of ether oxygens (including phenoxy) is 1. The van der Waals surface area contributed by atoms with E-state index in [-0.39, 0.29) is 6.01 Å². The zero-order valence-corrected chi connectivity index (χ0v) is 7.63. The standard InChI is InChI=1S/C7H7N5O2/c1-4-9-6(12-14-4)5-3-8-7(13-2)11-10-5/h3H,1-2H3. The minimum Gasteiger partial charge on any atom is -0.466 e. The summed E-state index contributed by atoms with van der Waals surface area (Å²) in [5.74, 6) is 0.836. The molecule has 7 nitrogen and oxygen atoms in total. The number of aromatic nitrogens is 5. The SMILES string of the molecule is COc1ncc(-c2noc(C)n2)nn1. The molecule has 0 aliphatic carbocycles. The van der Waals surface area contributed by atoms with Gasteiger partial charge in [0.15, 0.2) is 5.69 Å². The first-order valence-corrected chi connectivity index (χ1v) is 3.84. The van der Waals surface area contributed by atoms with Crippen LogP contribution in [0.25, 0.3) is 11.5 Å². The van der Waals surface area contributed by atoms with Crippen LogP contribution < -0.4 is 4.74 Å². The summed E-state index contributed by atoms with van der Waals surface area (Å²) in [5, 5.41) is 11.2. The van der Waals surface area contributed by atoms with Crippen LogP contribution in [0.1, 0.15) is 5.89 Å². The van der Waals surface area contributed by atoms with Crippen molar-refractivity contribution in [2.45, 2.75) is 6.92 Å². The highest BCUT2D eigenvalue weighted by Gasteiger charge is 2.08. The van der Waals surface area contributed by atoms with Gasteiger partial charge in [-0.25, -0.2) is 0 Å². The molecule has 0 fully saturated rings. The molecule has 0 radical (unpaired) electrons. The molecular formula is C7H7N5O2. The molecule has 0 spiro atoms. The summed E-state index contributed by atoms with van der Waals surface area (Å²) < 4.78 is 9.55. The van der Waals surface area contributed by atoms with Crippen LogP contribution in [0.3, 0.4) is 0 Å². The summed E-state index contributed by atoms with van der Waals surface area (Å²) in [4.78, 5) is 7.84. The fourth-order valence-corrected chi connectivity index (χ4v) is 0.864. The Morgan fingerprint density at radius 1 is 1.36 bits per heavy atom. The molecule has 0 aliphatic rings. The number of methoxy groups -OCH3 is 1. The molecule has 0 amide bonds. The molecule has 0 saturated heterocycles. The van der Waals surface area contributed by atoms with Gasteiger partial charge in [0.05, 0.1) is 13.3 Å². The van der Waals surface area contributed by atoms with E-state index in [1.807, 2.05) is 0 Å². The molecule has 0 bridgehead atoms. The van der Waals surface area contributed by atoms with Gasteiger partial charge in [-0.05, 0) is 0 Å². The first kappa shape index (κ1) is 8.54. The minimum atomic E-state index is 0.203. The number of aryl methyl sites for hydroxylation is 1. The Hall–Kier alpha value is -2.05. The summed E-state index contributed by atoms with van der Waals surface area (Å²) in [5.41, 5.74) is 0.447. The van der Waals surface area contributed by atoms with Crippen LogP contribution in [0.2, 0.25) is 0 Å². The summed E-state index contributed by atoms with van der Waals surface area (Å²) >= 11 is 0. The summed E-state index contributed by atoms with van der Waals surface area (Å²) in [6.07, 6.45) is 1.47. The van der Waals surface area contributed by atoms with Crippen LogP contribution in [0.4, 0.5) is 0 Å². The first-order valence-electron chi connectivity index (χ1n) is 3.84. The van der Waals surface area contributed by atoms with Crippen LogP contribution in [-0.2, 0) is 0 Å². The second-order valence-corrected chi connectivity index (χ2v) is 2.47. The Morgan fingerprint density at radius 3 is 2.71 bits per heavy atom. The Morgan fingerprint density at radius 2 is 2.21 bits per heavy atom. The van der Waals surface area contributed by atoms with Crippen molar-refractivity contribution in [3.63, 3.8) is 0 Å². The van der Waals surface area contributed by atoms with E-state index in [0.29, 0.717) is 17.4 Å². The topological polar surface area (TPSA) is 86.8 Å². The monoisotopic (exact) mass is 193 g/mol. The Bertz CT molecular complexity index is 424. The number of hydrogen-bond donors (Lipinski definition) is 0. The van der Waals surface area contributed by atoms with Crippen molar-refractivity contribution in [1.82, 2.24) is 25.3 Å². The van der Waals surface area contributed by atoms with E-state index in [4.69, 9.17) is 9.26 Å². The molecule has 0 N–H and O–H groups in total. The van der Waals surface area contributed by atoms with Crippen molar-refractivity contribution < 1.29 is 9.26 Å². The maximum Gasteiger partial charge on any atom is 0.335 e. The van der Waals surface area contributed by atoms with Crippen LogP contribution >= 0.6 is 0 Å². The van der Waals surface area contributed by atoms with Gasteiger partial charge in [-0.1, -0.05) is 10.3 Å². The lowest BCUT2D eigenvalue weighted by Gasteiger charge is -1.94. The molecule has 72 valence electrons. The molecule has 14 heavy (non-hydrogen) atoms. The van der Waals surface area contributed by atoms with Crippen molar-refractivity contribution >= 4 is 0 Å². The van der Waals surface area contributed by atoms with Crippen molar-refractivity contribution in [3.8, 4) is 17.5 Å². The maximum absolute atomic E-state index is 4.79. The second-order valence-electron chi connectivity index (χ2n) is 2.47. The van der Waals surface area contributed by atoms with Crippen molar-refractivity contribution in [2.24, 2.45) is 0 Å². The quantitative estimate of drug-likeness (QED) is 0.674. The zero-order chi connectivity index (χ0) is 9.97. The van der Waals surface area contributed by atoms with E-state index in [1.165, 1.54) is 13.3 Å². The minimum absolute atomic E-state index is 0.203. The average Bonchev–Trinajstić information content (AvgIpc) is 2.65. The van der Waals surface area contributed by atoms with Gasteiger partial charge >= 0.3 is 6.01 Å². The van der Waals surface area contributed by atoms with Crippen molar-refractivity contribution in [3.05, 3.63) is 12.1 Å². The summed E-state index contributed by atoms with van der Waals surface area (Å²) in [7, 11) is 1.47. The van der Waals surface area contributed by atoms with E-state index in [0.717, 1.165) is 0 Å². The van der Waals surface area contributed by atoms with Crippen molar-refractivity contribution in [2.75, 3.05) is 7.11 Å². The van der Waals surface area contributed by atoms with Gasteiger partial charge in [-0.2, -0.15) is 9.97 Å². The van der Waals surface area contributed by atoms with Crippen LogP contribution in [0, 0.1) is 6.92 Å². The summed E-state index contributed by atoms with van der Waals surface area (Å²) in [6.45, 7) is 1.70. The first-order chi connectivity index (χ1) is 6.79. The van der Waals surface area contributed by atoms with Crippen LogP contribution in [0.5, 0.6) is 6.01 Å². The number of hydrogen-bond acceptors (Lipinski definition) is 7. The highest BCUT2D eigenvalue weighted by Crippen LogP contribution is 2.11. The Kier molecular flexibility index (Phi) is 2.05. The molecule has 0 aromatic carbocycles. The van der Waals surface area contributed by atoms with E-state index in [1.54, 1.807) is 6.92 Å². The van der Waals surface area contributed by atoms with E-state index < -0.39 is 0 Å². The molecule has 0 saturated carbocycles. The molecule has 0 aliphatic heterocycles. The van der Waals surface area contributed by atoms with Gasteiger partial charge < -0.3 is 9.26 Å². The van der Waals surface area contributed by atoms with Gasteiger partial charge in [0.25, 0.3) is 0 Å². The predicted octanol–water partition coefficient (Wildman–Crippen LogP) is 0.239. The highest BCUT2D eigenvalue weighted by atomic mass is 16.5. The fourth-order valence-electron chi connectivity index (χ4n) is 0.864. The van der Waals surface area contributed by atoms with Gasteiger partial charge in [0.2, 0.25) is 11.7 Å². The second kappa shape index (κ2) is 3.36. The lowest BCUT2D eigenvalue weighted by atomic mass is 10.4. The molecule has 2 heterocycles. The van der Waals surface area contributed by atoms with Gasteiger partial charge in [-0.15, -0.1) is 5.10 Å². The van der Waals surface area contributed by atoms with Crippen LogP contribution in [0.15, 0.2) is 10.7 Å². The number of nitrogens with zero attached hydrogens (tertiary/aromatic N) is 5. The van der Waals surface area contributed by atoms with E-state index in [2.05, 4.69) is 25.3 Å². The van der Waals surface area contributed by atoms with Gasteiger partial charge in [0, 0.05) is 6.92 Å². The normalized spacial score (nSPS) is 10.1. The third-order valence-electron chi connectivity index (χ3n) is 1.48. The smallest absolute Gasteiger partial charge is 0.335 e. The molecule has 0 atom stereocenters. The molecule has 2 aromatic rings. The molecule has 2 rings (SSSR count). The molecule has 7 heteroatoms. The lowest BCUT2D eigenvalue weighted by Crippen LogP contribution is -1.96. The zero-order valence-electron chi connectivity index (χ0n) is 7.63. The van der Waals surface area contributed by atoms with Gasteiger partial charge in [-0.3, -0.25) is 0 Å². The predicted molar refractivity (Wildman–Crippen MR) is 44.4 cm³/mol.